The lowest BCUT2D eigenvalue weighted by Crippen LogP contribution is -2.12. The Hall–Kier alpha value is -4.75. The van der Waals surface area contributed by atoms with Gasteiger partial charge in [0.05, 0.1) is 38.8 Å². The second-order valence-electron chi connectivity index (χ2n) is 8.05. The topological polar surface area (TPSA) is 135 Å². The van der Waals surface area contributed by atoms with Crippen molar-refractivity contribution in [1.29, 1.82) is 5.26 Å². The van der Waals surface area contributed by atoms with Crippen LogP contribution in [0.25, 0.3) is 28.1 Å². The van der Waals surface area contributed by atoms with Crippen LogP contribution in [-0.4, -0.2) is 32.2 Å². The summed E-state index contributed by atoms with van der Waals surface area (Å²) in [5, 5.41) is 21.1. The van der Waals surface area contributed by atoms with E-state index in [4.69, 9.17) is 21.0 Å². The van der Waals surface area contributed by atoms with Crippen LogP contribution in [0.4, 0.5) is 16.5 Å². The van der Waals surface area contributed by atoms with Gasteiger partial charge in [-0.3, -0.25) is 4.79 Å². The van der Waals surface area contributed by atoms with Crippen LogP contribution in [0.3, 0.4) is 0 Å². The number of carbonyl (C=O) groups excluding carboxylic acids is 1. The predicted octanol–water partition coefficient (Wildman–Crippen LogP) is 4.22. The molecule has 1 amide bonds. The summed E-state index contributed by atoms with van der Waals surface area (Å²) in [6.45, 7) is 0.898. The molecule has 4 N–H and O–H groups in total. The Morgan fingerprint density at radius 3 is 2.77 bits per heavy atom. The number of hydrogen-bond acceptors (Lipinski definition) is 8. The number of rotatable bonds is 4. The van der Waals surface area contributed by atoms with Gasteiger partial charge in [-0.15, -0.1) is 11.3 Å². The smallest absolute Gasteiger partial charge is 0.266 e. The number of anilines is 3. The predicted molar refractivity (Wildman–Crippen MR) is 136 cm³/mol. The first-order valence-corrected chi connectivity index (χ1v) is 11.7. The van der Waals surface area contributed by atoms with Crippen LogP contribution in [0.15, 0.2) is 60.8 Å². The van der Waals surface area contributed by atoms with E-state index in [0.717, 1.165) is 29.9 Å². The molecule has 6 rings (SSSR count). The highest BCUT2D eigenvalue weighted by molar-refractivity contribution is 7.17. The van der Waals surface area contributed by atoms with Gasteiger partial charge in [0.1, 0.15) is 5.82 Å². The Morgan fingerprint density at radius 1 is 1.14 bits per heavy atom. The average Bonchev–Trinajstić information content (AvgIpc) is 3.63. The highest BCUT2D eigenvalue weighted by Gasteiger charge is 2.19. The molecule has 0 atom stereocenters. The van der Waals surface area contributed by atoms with Crippen LogP contribution in [-0.2, 0) is 6.42 Å². The Bertz CT molecular complexity index is 1640. The van der Waals surface area contributed by atoms with Gasteiger partial charge in [-0.25, -0.2) is 14.6 Å². The van der Waals surface area contributed by atoms with Crippen molar-refractivity contribution in [3.8, 4) is 23.1 Å². The molecule has 0 saturated heterocycles. The van der Waals surface area contributed by atoms with Gasteiger partial charge in [-0.2, -0.15) is 10.4 Å². The van der Waals surface area contributed by atoms with Gasteiger partial charge in [0.25, 0.3) is 5.91 Å². The number of nitrogen functional groups attached to an aromatic ring is 1. The van der Waals surface area contributed by atoms with E-state index in [1.54, 1.807) is 47.3 Å². The van der Waals surface area contributed by atoms with Gasteiger partial charge < -0.3 is 16.4 Å². The molecule has 0 bridgehead atoms. The maximum atomic E-state index is 12.9. The molecule has 2 aromatic carbocycles. The van der Waals surface area contributed by atoms with Crippen molar-refractivity contribution in [3.05, 3.63) is 76.8 Å². The maximum absolute atomic E-state index is 12.9. The number of amides is 1. The molecule has 0 unspecified atom stereocenters. The fourth-order valence-electron chi connectivity index (χ4n) is 4.07. The number of carbonyl (C=O) groups is 1. The van der Waals surface area contributed by atoms with E-state index in [9.17, 15) is 4.79 Å². The number of aromatic nitrogens is 4. The number of benzene rings is 2. The zero-order valence-corrected chi connectivity index (χ0v) is 19.1. The average molecular weight is 479 g/mol. The Balaban J connectivity index is 1.50. The number of fused-ring (bicyclic) bond motifs is 2. The molecule has 5 aromatic rings. The maximum Gasteiger partial charge on any atom is 0.266 e. The number of nitrogens with one attached hydrogen (secondary N) is 2. The fraction of sp³-hybridized carbons (Fsp3) is 0.0800. The zero-order valence-electron chi connectivity index (χ0n) is 18.3. The third-order valence-corrected chi connectivity index (χ3v) is 6.74. The summed E-state index contributed by atoms with van der Waals surface area (Å²) in [6, 6.07) is 18.6. The van der Waals surface area contributed by atoms with Crippen LogP contribution in [0.2, 0.25) is 0 Å². The van der Waals surface area contributed by atoms with E-state index in [1.807, 2.05) is 12.1 Å². The molecule has 10 heteroatoms. The van der Waals surface area contributed by atoms with Gasteiger partial charge in [0.15, 0.2) is 11.5 Å². The van der Waals surface area contributed by atoms with Gasteiger partial charge >= 0.3 is 0 Å². The van der Waals surface area contributed by atoms with Crippen molar-refractivity contribution in [2.24, 2.45) is 0 Å². The Labute approximate surface area is 203 Å². The van der Waals surface area contributed by atoms with E-state index in [2.05, 4.69) is 27.9 Å². The SMILES string of the molecule is N#Cc1ccc(-n2ncc3c(NC(=O)c4ccc(N)s4)nc(-c4ccc5c(c4)NCC5)nc32)cc1. The number of hydrogen-bond donors (Lipinski definition) is 3. The summed E-state index contributed by atoms with van der Waals surface area (Å²) in [4.78, 5) is 23.0. The molecule has 170 valence electrons. The number of nitrogens with two attached hydrogens (primary N) is 1. The van der Waals surface area contributed by atoms with Crippen molar-refractivity contribution >= 4 is 44.8 Å². The van der Waals surface area contributed by atoms with Gasteiger partial charge in [-0.1, -0.05) is 12.1 Å². The van der Waals surface area contributed by atoms with Crippen molar-refractivity contribution in [1.82, 2.24) is 19.7 Å². The molecule has 0 fully saturated rings. The molecular formula is C25H18N8OS. The largest absolute Gasteiger partial charge is 0.391 e. The molecule has 1 aliphatic rings. The summed E-state index contributed by atoms with van der Waals surface area (Å²) < 4.78 is 1.67. The van der Waals surface area contributed by atoms with Crippen molar-refractivity contribution in [2.45, 2.75) is 6.42 Å². The van der Waals surface area contributed by atoms with Crippen LogP contribution in [0.1, 0.15) is 20.8 Å². The lowest BCUT2D eigenvalue weighted by Gasteiger charge is -2.10. The lowest BCUT2D eigenvalue weighted by molar-refractivity contribution is 0.103. The van der Waals surface area contributed by atoms with Crippen LogP contribution in [0, 0.1) is 11.3 Å². The zero-order chi connectivity index (χ0) is 23.9. The first-order valence-electron chi connectivity index (χ1n) is 10.9. The molecule has 0 radical (unpaired) electrons. The summed E-state index contributed by atoms with van der Waals surface area (Å²) in [7, 11) is 0. The second-order valence-corrected chi connectivity index (χ2v) is 9.17. The van der Waals surface area contributed by atoms with Crippen LogP contribution < -0.4 is 16.4 Å². The summed E-state index contributed by atoms with van der Waals surface area (Å²) in [5.41, 5.74) is 10.8. The first kappa shape index (κ1) is 20.8. The number of nitriles is 1. The molecule has 3 aromatic heterocycles. The standard InChI is InChI=1S/C25H18N8OS/c26-12-14-1-5-17(6-2-14)33-24-18(13-29-33)23(32-25(34)20-7-8-21(27)35-20)30-22(31-24)16-4-3-15-9-10-28-19(15)11-16/h1-8,11,13,28H,9-10,27H2,(H,30,31,32,34). The van der Waals surface area contributed by atoms with Crippen LogP contribution in [0.5, 0.6) is 0 Å². The van der Waals surface area contributed by atoms with E-state index < -0.39 is 0 Å². The lowest BCUT2D eigenvalue weighted by atomic mass is 10.1. The van der Waals surface area contributed by atoms with Crippen LogP contribution >= 0.6 is 11.3 Å². The molecule has 0 spiro atoms. The summed E-state index contributed by atoms with van der Waals surface area (Å²) in [5.74, 6) is 0.514. The third kappa shape index (κ3) is 3.74. The number of thiophene rings is 1. The Kier molecular flexibility index (Phi) is 4.90. The molecule has 1 aliphatic heterocycles. The van der Waals surface area contributed by atoms with E-state index in [-0.39, 0.29) is 5.91 Å². The molecule has 35 heavy (non-hydrogen) atoms. The minimum atomic E-state index is -0.306. The fourth-order valence-corrected chi connectivity index (χ4v) is 4.74. The van der Waals surface area contributed by atoms with E-state index in [1.165, 1.54) is 16.9 Å². The monoisotopic (exact) mass is 478 g/mol. The Morgan fingerprint density at radius 2 is 2.00 bits per heavy atom. The minimum absolute atomic E-state index is 0.306. The van der Waals surface area contributed by atoms with E-state index >= 15 is 0 Å². The highest BCUT2D eigenvalue weighted by Crippen LogP contribution is 2.31. The van der Waals surface area contributed by atoms with Gasteiger partial charge in [0.2, 0.25) is 0 Å². The van der Waals surface area contributed by atoms with Crippen molar-refractivity contribution in [2.75, 3.05) is 22.9 Å². The summed E-state index contributed by atoms with van der Waals surface area (Å²) in [6.07, 6.45) is 2.60. The first-order chi connectivity index (χ1) is 17.1. The molecule has 0 aliphatic carbocycles. The van der Waals surface area contributed by atoms with E-state index in [0.29, 0.717) is 38.1 Å². The molecule has 0 saturated carbocycles. The van der Waals surface area contributed by atoms with Crippen molar-refractivity contribution in [3.63, 3.8) is 0 Å². The number of nitrogens with zero attached hydrogens (tertiary/aromatic N) is 5. The third-order valence-electron chi connectivity index (χ3n) is 5.83. The quantitative estimate of drug-likeness (QED) is 0.352. The minimum Gasteiger partial charge on any atom is -0.391 e. The summed E-state index contributed by atoms with van der Waals surface area (Å²) >= 11 is 1.21. The molecular weight excluding hydrogens is 460 g/mol. The van der Waals surface area contributed by atoms with Gasteiger partial charge in [-0.05, 0) is 54.4 Å². The molecule has 4 heterocycles. The molecule has 9 nitrogen and oxygen atoms in total. The second kappa shape index (κ2) is 8.23. The highest BCUT2D eigenvalue weighted by atomic mass is 32.1. The normalized spacial score (nSPS) is 12.2. The van der Waals surface area contributed by atoms with Gasteiger partial charge in [0, 0.05) is 17.8 Å². The van der Waals surface area contributed by atoms with Crippen molar-refractivity contribution < 1.29 is 4.79 Å².